The zero-order chi connectivity index (χ0) is 38.0. The van der Waals surface area contributed by atoms with Crippen molar-refractivity contribution < 1.29 is 25.9 Å². The second-order valence-corrected chi connectivity index (χ2v) is 15.9. The first-order valence-electron chi connectivity index (χ1n) is 16.2. The van der Waals surface area contributed by atoms with Crippen LogP contribution < -0.4 is 23.2 Å². The molecule has 4 unspecified atom stereocenters. The second kappa shape index (κ2) is 12.8. The van der Waals surface area contributed by atoms with Crippen LogP contribution in [0.1, 0.15) is 58.4 Å². The molecule has 16 heteroatoms. The van der Waals surface area contributed by atoms with Crippen LogP contribution in [0.5, 0.6) is 0 Å². The van der Waals surface area contributed by atoms with Crippen molar-refractivity contribution in [2.24, 2.45) is 33.4 Å². The molecule has 270 valence electrons. The van der Waals surface area contributed by atoms with Gasteiger partial charge in [0.2, 0.25) is 0 Å². The van der Waals surface area contributed by atoms with E-state index in [9.17, 15) is 25.9 Å². The zero-order valence-electron chi connectivity index (χ0n) is 28.2. The molecule has 12 N–H and O–H groups in total. The first-order chi connectivity index (χ1) is 24.6. The zero-order valence-corrected chi connectivity index (χ0v) is 29.8. The fraction of sp³-hybridized carbons (Fsp3) is 0.222. The first kappa shape index (κ1) is 36.7. The summed E-state index contributed by atoms with van der Waals surface area (Å²) in [7, 11) is -10.1. The molecule has 4 aromatic rings. The summed E-state index contributed by atoms with van der Waals surface area (Å²) in [5, 5.41) is 24.6. The van der Waals surface area contributed by atoms with Crippen molar-refractivity contribution in [1.29, 1.82) is 10.8 Å². The third kappa shape index (κ3) is 4.90. The molecule has 0 aliphatic heterocycles. The predicted octanol–water partition coefficient (Wildman–Crippen LogP) is 2.79. The monoisotopic (exact) mass is 742 g/mol. The highest BCUT2D eigenvalue weighted by molar-refractivity contribution is 7.87. The SMILES string of the molecule is CCc1cc(C2(S(=O)(=O)O)c3ccccc3C(=N)C(=NN)C2N)ccc1-c1ccc(C2(S(=O)(=O)O)c3ccccc3C(=N)C(=NN)C2N)cc1CC. The van der Waals surface area contributed by atoms with E-state index >= 15 is 0 Å². The Labute approximate surface area is 301 Å². The first-order valence-corrected chi connectivity index (χ1v) is 19.1. The van der Waals surface area contributed by atoms with Gasteiger partial charge in [-0.2, -0.15) is 27.0 Å². The minimum Gasteiger partial charge on any atom is -0.323 e. The number of nitrogens with two attached hydrogens (primary N) is 4. The van der Waals surface area contributed by atoms with Crippen LogP contribution >= 0.6 is 0 Å². The lowest BCUT2D eigenvalue weighted by Crippen LogP contribution is -2.61. The lowest BCUT2D eigenvalue weighted by molar-refractivity contribution is 0.434. The maximum Gasteiger partial charge on any atom is 0.281 e. The van der Waals surface area contributed by atoms with Gasteiger partial charge in [-0.25, -0.2) is 0 Å². The lowest BCUT2D eigenvalue weighted by atomic mass is 9.72. The lowest BCUT2D eigenvalue weighted by Gasteiger charge is -2.42. The van der Waals surface area contributed by atoms with Crippen molar-refractivity contribution in [3.63, 3.8) is 0 Å². The van der Waals surface area contributed by atoms with Gasteiger partial charge in [-0.3, -0.25) is 19.9 Å². The molecule has 52 heavy (non-hydrogen) atoms. The minimum absolute atomic E-state index is 0.101. The summed E-state index contributed by atoms with van der Waals surface area (Å²) in [5.41, 5.74) is 16.0. The van der Waals surface area contributed by atoms with E-state index < -0.39 is 41.8 Å². The molecule has 0 heterocycles. The van der Waals surface area contributed by atoms with Crippen molar-refractivity contribution in [1.82, 2.24) is 0 Å². The number of benzene rings is 4. The minimum atomic E-state index is -5.05. The van der Waals surface area contributed by atoms with Crippen molar-refractivity contribution >= 4 is 43.1 Å². The number of fused-ring (bicyclic) bond motifs is 2. The van der Waals surface area contributed by atoms with Crippen LogP contribution in [-0.4, -0.2) is 60.9 Å². The van der Waals surface area contributed by atoms with Crippen LogP contribution in [-0.2, 0) is 42.6 Å². The van der Waals surface area contributed by atoms with Crippen LogP contribution in [0.25, 0.3) is 11.1 Å². The fourth-order valence-corrected chi connectivity index (χ4v) is 10.6. The number of rotatable bonds is 7. The number of nitrogens with zero attached hydrogens (tertiary/aromatic N) is 2. The van der Waals surface area contributed by atoms with E-state index in [1.54, 1.807) is 60.7 Å². The third-order valence-electron chi connectivity index (χ3n) is 10.4. The summed E-state index contributed by atoms with van der Waals surface area (Å²) in [5.74, 6) is 11.3. The standard InChI is InChI=1S/C36H38N8O6S2/c1-3-19-17-21(35(51(45,46)47)27-11-7-5-9-25(27)29(37)31(43-41)33(35)39)13-15-23(19)24-16-14-22(18-20(24)4-2)36(52(48,49)50)28-12-8-6-10-26(28)30(38)32(44-42)34(36)40/h5-18,33-34,37-38H,3-4,39-42H2,1-2H3,(H,45,46,47)(H,48,49,50). The maximum absolute atomic E-state index is 13.6. The summed E-state index contributed by atoms with van der Waals surface area (Å²) in [4.78, 5) is 0. The van der Waals surface area contributed by atoms with Gasteiger partial charge >= 0.3 is 0 Å². The molecule has 4 atom stereocenters. The van der Waals surface area contributed by atoms with Gasteiger partial charge in [0, 0.05) is 11.1 Å². The van der Waals surface area contributed by atoms with Crippen LogP contribution in [0.3, 0.4) is 0 Å². The normalized spacial score (nSPS) is 24.9. The number of aryl methyl sites for hydroxylation is 2. The maximum atomic E-state index is 13.6. The number of nitrogens with one attached hydrogen (secondary N) is 2. The van der Waals surface area contributed by atoms with E-state index in [-0.39, 0.29) is 56.2 Å². The molecule has 0 radical (unpaired) electrons. The van der Waals surface area contributed by atoms with E-state index in [2.05, 4.69) is 10.2 Å². The van der Waals surface area contributed by atoms with Crippen molar-refractivity contribution in [2.45, 2.75) is 48.3 Å². The van der Waals surface area contributed by atoms with Crippen LogP contribution in [0.4, 0.5) is 0 Å². The molecule has 0 saturated carbocycles. The number of hydrogen-bond acceptors (Lipinski definition) is 12. The second-order valence-electron chi connectivity index (χ2n) is 12.7. The van der Waals surface area contributed by atoms with Crippen LogP contribution in [0, 0.1) is 10.8 Å². The molecule has 0 amide bonds. The Morgan fingerprint density at radius 3 is 1.27 bits per heavy atom. The molecule has 2 aliphatic rings. The van der Waals surface area contributed by atoms with Crippen molar-refractivity contribution in [2.75, 3.05) is 0 Å². The summed E-state index contributed by atoms with van der Waals surface area (Å²) in [6, 6.07) is 19.2. The molecule has 0 bridgehead atoms. The van der Waals surface area contributed by atoms with Gasteiger partial charge < -0.3 is 23.2 Å². The van der Waals surface area contributed by atoms with Gasteiger partial charge in [0.05, 0.1) is 23.5 Å². The summed E-state index contributed by atoms with van der Waals surface area (Å²) in [6.07, 6.45) is 0.789. The third-order valence-corrected chi connectivity index (χ3v) is 13.4. The quantitative estimate of drug-likeness (QED) is 0.0778. The Morgan fingerprint density at radius 2 is 0.962 bits per heavy atom. The molecule has 4 aromatic carbocycles. The summed E-state index contributed by atoms with van der Waals surface area (Å²) in [6.45, 7) is 3.74. The molecule has 0 saturated heterocycles. The van der Waals surface area contributed by atoms with E-state index in [4.69, 9.17) is 34.0 Å². The molecule has 0 spiro atoms. The molecular weight excluding hydrogens is 705 g/mol. The largest absolute Gasteiger partial charge is 0.323 e. The molecule has 6 rings (SSSR count). The highest BCUT2D eigenvalue weighted by Gasteiger charge is 2.59. The van der Waals surface area contributed by atoms with Gasteiger partial charge in [-0.15, -0.1) is 0 Å². The topological polar surface area (TPSA) is 285 Å². The fourth-order valence-electron chi connectivity index (χ4n) is 7.97. The van der Waals surface area contributed by atoms with Gasteiger partial charge in [0.1, 0.15) is 11.4 Å². The highest BCUT2D eigenvalue weighted by Crippen LogP contribution is 2.48. The molecule has 0 fully saturated rings. The van der Waals surface area contributed by atoms with E-state index in [0.29, 0.717) is 35.1 Å². The summed E-state index contributed by atoms with van der Waals surface area (Å²) < 4.78 is 71.8. The van der Waals surface area contributed by atoms with Gasteiger partial charge in [-0.1, -0.05) is 98.8 Å². The van der Waals surface area contributed by atoms with Crippen molar-refractivity contribution in [3.8, 4) is 11.1 Å². The molecular formula is C36H38N8O6S2. The van der Waals surface area contributed by atoms with Crippen molar-refractivity contribution in [3.05, 3.63) is 129 Å². The highest BCUT2D eigenvalue weighted by atomic mass is 32.2. The molecule has 14 nitrogen and oxygen atoms in total. The molecule has 2 aliphatic carbocycles. The Morgan fingerprint density at radius 1 is 0.615 bits per heavy atom. The van der Waals surface area contributed by atoms with Crippen LogP contribution in [0.15, 0.2) is 95.1 Å². The van der Waals surface area contributed by atoms with Gasteiger partial charge in [-0.05, 0) is 57.3 Å². The van der Waals surface area contributed by atoms with E-state index in [1.807, 2.05) is 13.8 Å². The van der Waals surface area contributed by atoms with Gasteiger partial charge in [0.25, 0.3) is 20.2 Å². The number of hydrazone groups is 2. The smallest absolute Gasteiger partial charge is 0.281 e. The number of hydrogen-bond donors (Lipinski definition) is 8. The average molecular weight is 743 g/mol. The molecule has 0 aromatic heterocycles. The Bertz CT molecular complexity index is 2290. The van der Waals surface area contributed by atoms with E-state index in [1.165, 1.54) is 24.3 Å². The summed E-state index contributed by atoms with van der Waals surface area (Å²) >= 11 is 0. The van der Waals surface area contributed by atoms with Gasteiger partial charge in [0.15, 0.2) is 9.49 Å². The van der Waals surface area contributed by atoms with Crippen LogP contribution in [0.2, 0.25) is 0 Å². The van der Waals surface area contributed by atoms with E-state index in [0.717, 1.165) is 0 Å². The average Bonchev–Trinajstić information content (AvgIpc) is 3.11. The Kier molecular flexibility index (Phi) is 9.06. The predicted molar refractivity (Wildman–Crippen MR) is 201 cm³/mol. The Hall–Kier alpha value is -5.10. The Balaban J connectivity index is 1.60.